The number of carbonyl (C=O) groups excluding carboxylic acids is 2. The topological polar surface area (TPSA) is 62.3 Å². The first-order chi connectivity index (χ1) is 14.2. The highest BCUT2D eigenvalue weighted by Gasteiger charge is 2.15. The van der Waals surface area contributed by atoms with Crippen molar-refractivity contribution in [2.75, 3.05) is 4.90 Å². The van der Waals surface area contributed by atoms with Crippen LogP contribution in [0.1, 0.15) is 30.2 Å². The number of rotatable bonds is 8. The summed E-state index contributed by atoms with van der Waals surface area (Å²) >= 11 is 0. The average Bonchev–Trinajstić information content (AvgIpc) is 2.77. The van der Waals surface area contributed by atoms with Gasteiger partial charge in [-0.05, 0) is 35.4 Å². The number of carbonyl (C=O) groups is 2. The third-order valence-corrected chi connectivity index (χ3v) is 4.59. The first-order valence-corrected chi connectivity index (χ1v) is 9.75. The quantitative estimate of drug-likeness (QED) is 0.638. The van der Waals surface area contributed by atoms with E-state index in [1.807, 2.05) is 79.7 Å². The summed E-state index contributed by atoms with van der Waals surface area (Å²) in [6.07, 6.45) is 2.43. The number of benzene rings is 2. The molecule has 5 heteroatoms. The highest BCUT2D eigenvalue weighted by atomic mass is 16.2. The minimum Gasteiger partial charge on any atom is -0.350 e. The van der Waals surface area contributed by atoms with E-state index in [1.54, 1.807) is 11.1 Å². The molecule has 0 bridgehead atoms. The fraction of sp³-hybridized carbons (Fsp3) is 0.208. The Balaban J connectivity index is 1.62. The lowest BCUT2D eigenvalue weighted by molar-refractivity contribution is -0.120. The number of hydrogen-bond donors (Lipinski definition) is 1. The van der Waals surface area contributed by atoms with Crippen molar-refractivity contribution in [2.45, 2.75) is 32.9 Å². The van der Waals surface area contributed by atoms with Gasteiger partial charge in [-0.25, -0.2) is 0 Å². The molecule has 3 aromatic rings. The van der Waals surface area contributed by atoms with Gasteiger partial charge in [0.05, 0.1) is 25.2 Å². The van der Waals surface area contributed by atoms with E-state index in [9.17, 15) is 9.59 Å². The summed E-state index contributed by atoms with van der Waals surface area (Å²) in [5.74, 6) is 0.00360. The summed E-state index contributed by atoms with van der Waals surface area (Å²) in [6.45, 7) is 2.80. The van der Waals surface area contributed by atoms with E-state index >= 15 is 0 Å². The molecule has 1 heterocycles. The van der Waals surface area contributed by atoms with Crippen LogP contribution in [0.25, 0.3) is 0 Å². The number of aromatic nitrogens is 1. The molecule has 0 aliphatic rings. The molecule has 0 spiro atoms. The fourth-order valence-corrected chi connectivity index (χ4v) is 3.01. The molecule has 1 aromatic heterocycles. The van der Waals surface area contributed by atoms with Gasteiger partial charge in [0.2, 0.25) is 11.8 Å². The van der Waals surface area contributed by atoms with Crippen LogP contribution in [0.5, 0.6) is 0 Å². The Hall–Kier alpha value is -3.47. The second-order valence-corrected chi connectivity index (χ2v) is 6.76. The second kappa shape index (κ2) is 10.2. The van der Waals surface area contributed by atoms with Gasteiger partial charge in [0.1, 0.15) is 0 Å². The number of amides is 2. The van der Waals surface area contributed by atoms with Crippen molar-refractivity contribution in [3.63, 3.8) is 0 Å². The number of pyridine rings is 1. The molecular weight excluding hydrogens is 362 g/mol. The largest absolute Gasteiger partial charge is 0.350 e. The van der Waals surface area contributed by atoms with Crippen LogP contribution in [0.15, 0.2) is 79.0 Å². The molecule has 0 saturated heterocycles. The monoisotopic (exact) mass is 387 g/mol. The van der Waals surface area contributed by atoms with Crippen LogP contribution in [-0.4, -0.2) is 16.8 Å². The number of nitrogens with zero attached hydrogens (tertiary/aromatic N) is 2. The molecule has 0 radical (unpaired) electrons. The number of nitrogens with one attached hydrogen (secondary N) is 1. The Kier molecular flexibility index (Phi) is 7.11. The predicted molar refractivity (Wildman–Crippen MR) is 114 cm³/mol. The lowest BCUT2D eigenvalue weighted by Gasteiger charge is -2.23. The zero-order valence-electron chi connectivity index (χ0n) is 16.5. The molecular formula is C24H25N3O2. The van der Waals surface area contributed by atoms with Gasteiger partial charge in [-0.1, -0.05) is 55.5 Å². The van der Waals surface area contributed by atoms with Gasteiger partial charge >= 0.3 is 0 Å². The molecule has 2 amide bonds. The van der Waals surface area contributed by atoms with Crippen molar-refractivity contribution in [2.24, 2.45) is 0 Å². The fourth-order valence-electron chi connectivity index (χ4n) is 3.01. The third kappa shape index (κ3) is 6.01. The van der Waals surface area contributed by atoms with E-state index < -0.39 is 0 Å². The average molecular weight is 387 g/mol. The maximum absolute atomic E-state index is 12.5. The minimum absolute atomic E-state index is 0.0609. The summed E-state index contributed by atoms with van der Waals surface area (Å²) in [7, 11) is 0. The maximum atomic E-state index is 12.5. The van der Waals surface area contributed by atoms with Crippen molar-refractivity contribution in [1.82, 2.24) is 10.3 Å². The van der Waals surface area contributed by atoms with Crippen molar-refractivity contribution in [3.8, 4) is 0 Å². The second-order valence-electron chi connectivity index (χ2n) is 6.76. The number of anilines is 1. The molecule has 5 nitrogen and oxygen atoms in total. The molecule has 148 valence electrons. The number of hydrogen-bond acceptors (Lipinski definition) is 3. The summed E-state index contributed by atoms with van der Waals surface area (Å²) < 4.78 is 0. The minimum atomic E-state index is -0.0609. The zero-order valence-corrected chi connectivity index (χ0v) is 16.5. The van der Waals surface area contributed by atoms with Gasteiger partial charge in [-0.2, -0.15) is 0 Å². The molecule has 29 heavy (non-hydrogen) atoms. The molecule has 2 aromatic carbocycles. The first kappa shape index (κ1) is 20.3. The highest BCUT2D eigenvalue weighted by Crippen LogP contribution is 2.20. The van der Waals surface area contributed by atoms with Crippen molar-refractivity contribution >= 4 is 17.5 Å². The van der Waals surface area contributed by atoms with Gasteiger partial charge in [0.15, 0.2) is 0 Å². The van der Waals surface area contributed by atoms with E-state index in [2.05, 4.69) is 10.3 Å². The molecule has 0 fully saturated rings. The van der Waals surface area contributed by atoms with E-state index in [0.717, 1.165) is 22.5 Å². The van der Waals surface area contributed by atoms with Gasteiger partial charge in [-0.3, -0.25) is 14.6 Å². The standard InChI is InChI=1S/C24H25N3O2/c1-2-24(29)27(18-20-8-4-3-5-9-20)22-13-11-19(12-14-22)16-23(28)26-17-21-10-6-7-15-25-21/h3-15H,2,16-18H2,1H3,(H,26,28). The summed E-state index contributed by atoms with van der Waals surface area (Å²) in [4.78, 5) is 30.6. The lowest BCUT2D eigenvalue weighted by Crippen LogP contribution is -2.29. The summed E-state index contributed by atoms with van der Waals surface area (Å²) in [5.41, 5.74) is 3.63. The summed E-state index contributed by atoms with van der Waals surface area (Å²) in [6, 6.07) is 23.1. The smallest absolute Gasteiger partial charge is 0.227 e. The normalized spacial score (nSPS) is 10.4. The third-order valence-electron chi connectivity index (χ3n) is 4.59. The molecule has 0 aliphatic heterocycles. The molecule has 0 saturated carbocycles. The van der Waals surface area contributed by atoms with Gasteiger partial charge in [0, 0.05) is 18.3 Å². The molecule has 0 unspecified atom stereocenters. The van der Waals surface area contributed by atoms with E-state index in [4.69, 9.17) is 0 Å². The van der Waals surface area contributed by atoms with Crippen LogP contribution in [0.2, 0.25) is 0 Å². The van der Waals surface area contributed by atoms with Crippen LogP contribution in [0, 0.1) is 0 Å². The van der Waals surface area contributed by atoms with E-state index in [1.165, 1.54) is 0 Å². The Bertz CT molecular complexity index is 925. The maximum Gasteiger partial charge on any atom is 0.227 e. The molecule has 1 N–H and O–H groups in total. The van der Waals surface area contributed by atoms with E-state index in [0.29, 0.717) is 19.5 Å². The Morgan fingerprint density at radius 3 is 2.28 bits per heavy atom. The SMILES string of the molecule is CCC(=O)N(Cc1ccccc1)c1ccc(CC(=O)NCc2ccccn2)cc1. The Morgan fingerprint density at radius 2 is 1.62 bits per heavy atom. The van der Waals surface area contributed by atoms with Crippen molar-refractivity contribution < 1.29 is 9.59 Å². The highest BCUT2D eigenvalue weighted by molar-refractivity contribution is 5.93. The van der Waals surface area contributed by atoms with Crippen LogP contribution in [0.3, 0.4) is 0 Å². The van der Waals surface area contributed by atoms with Gasteiger partial charge in [0.25, 0.3) is 0 Å². The van der Waals surface area contributed by atoms with Crippen LogP contribution >= 0.6 is 0 Å². The van der Waals surface area contributed by atoms with Gasteiger partial charge < -0.3 is 10.2 Å². The van der Waals surface area contributed by atoms with Crippen LogP contribution in [0.4, 0.5) is 5.69 Å². The first-order valence-electron chi connectivity index (χ1n) is 9.75. The Morgan fingerprint density at radius 1 is 0.897 bits per heavy atom. The summed E-state index contributed by atoms with van der Waals surface area (Å²) in [5, 5.41) is 2.88. The molecule has 0 atom stereocenters. The van der Waals surface area contributed by atoms with E-state index in [-0.39, 0.29) is 18.2 Å². The lowest BCUT2D eigenvalue weighted by atomic mass is 10.1. The van der Waals surface area contributed by atoms with Crippen LogP contribution < -0.4 is 10.2 Å². The van der Waals surface area contributed by atoms with Crippen molar-refractivity contribution in [1.29, 1.82) is 0 Å². The predicted octanol–water partition coefficient (Wildman–Crippen LogP) is 3.88. The zero-order chi connectivity index (χ0) is 20.5. The molecule has 3 rings (SSSR count). The van der Waals surface area contributed by atoms with Gasteiger partial charge in [-0.15, -0.1) is 0 Å². The Labute approximate surface area is 171 Å². The molecule has 0 aliphatic carbocycles. The van der Waals surface area contributed by atoms with Crippen LogP contribution in [-0.2, 0) is 29.1 Å². The van der Waals surface area contributed by atoms with Crippen molar-refractivity contribution in [3.05, 3.63) is 95.8 Å².